The fourth-order valence-electron chi connectivity index (χ4n) is 2.78. The number of benzene rings is 2. The van der Waals surface area contributed by atoms with Crippen LogP contribution in [0, 0.1) is 6.92 Å². The second-order valence-electron chi connectivity index (χ2n) is 5.86. The van der Waals surface area contributed by atoms with Crippen LogP contribution in [-0.4, -0.2) is 10.9 Å². The number of para-hydroxylation sites is 1. The molecule has 2 aromatic carbocycles. The Balaban J connectivity index is 1.82. The smallest absolute Gasteiger partial charge is 0.257 e. The average molecular weight is 365 g/mol. The molecule has 26 heavy (non-hydrogen) atoms. The summed E-state index contributed by atoms with van der Waals surface area (Å²) in [4.78, 5) is 29.7. The highest BCUT2D eigenvalue weighted by molar-refractivity contribution is 6.30. The third-order valence-corrected chi connectivity index (χ3v) is 4.36. The number of aromatic nitrogens is 1. The molecule has 0 aliphatic carbocycles. The second kappa shape index (κ2) is 6.28. The van der Waals surface area contributed by atoms with Crippen LogP contribution in [0.5, 0.6) is 0 Å². The zero-order valence-corrected chi connectivity index (χ0v) is 14.5. The molecule has 0 aliphatic heterocycles. The third kappa shape index (κ3) is 2.82. The average Bonchev–Trinajstić information content (AvgIpc) is 2.63. The molecule has 0 saturated heterocycles. The normalized spacial score (nSPS) is 11.0. The minimum Gasteiger partial charge on any atom is -0.437 e. The molecule has 0 spiro atoms. The summed E-state index contributed by atoms with van der Waals surface area (Å²) >= 11 is 5.85. The first-order chi connectivity index (χ1) is 12.5. The number of rotatable bonds is 2. The highest BCUT2D eigenvalue weighted by Crippen LogP contribution is 2.21. The van der Waals surface area contributed by atoms with E-state index in [0.717, 1.165) is 0 Å². The Morgan fingerprint density at radius 2 is 1.81 bits per heavy atom. The van der Waals surface area contributed by atoms with Crippen molar-refractivity contribution in [2.45, 2.75) is 6.92 Å². The highest BCUT2D eigenvalue weighted by Gasteiger charge is 2.16. The molecule has 0 fully saturated rings. The van der Waals surface area contributed by atoms with E-state index in [1.54, 1.807) is 55.5 Å². The molecule has 0 bridgehead atoms. The molecule has 0 aliphatic rings. The quantitative estimate of drug-likeness (QED) is 0.529. The van der Waals surface area contributed by atoms with Crippen LogP contribution in [0.15, 0.2) is 63.8 Å². The van der Waals surface area contributed by atoms with Gasteiger partial charge < -0.3 is 9.73 Å². The first-order valence-corrected chi connectivity index (χ1v) is 8.31. The Labute approximate surface area is 153 Å². The lowest BCUT2D eigenvalue weighted by Crippen LogP contribution is -2.15. The summed E-state index contributed by atoms with van der Waals surface area (Å²) in [5, 5.41) is 4.08. The fourth-order valence-corrected chi connectivity index (χ4v) is 2.90. The number of nitrogens with one attached hydrogen (secondary N) is 1. The molecule has 1 N–H and O–H groups in total. The maximum absolute atomic E-state index is 12.7. The van der Waals surface area contributed by atoms with Crippen molar-refractivity contribution in [3.05, 3.63) is 81.1 Å². The van der Waals surface area contributed by atoms with Gasteiger partial charge in [-0.3, -0.25) is 9.59 Å². The Morgan fingerprint density at radius 1 is 1.08 bits per heavy atom. The molecule has 0 unspecified atom stereocenters. The summed E-state index contributed by atoms with van der Waals surface area (Å²) < 4.78 is 5.72. The van der Waals surface area contributed by atoms with Crippen molar-refractivity contribution in [1.82, 2.24) is 4.98 Å². The van der Waals surface area contributed by atoms with Crippen molar-refractivity contribution in [2.24, 2.45) is 0 Å². The van der Waals surface area contributed by atoms with E-state index < -0.39 is 0 Å². The number of hydrogen-bond donors (Lipinski definition) is 1. The van der Waals surface area contributed by atoms with Crippen molar-refractivity contribution in [3.8, 4) is 0 Å². The van der Waals surface area contributed by atoms with E-state index in [1.807, 2.05) is 0 Å². The Kier molecular flexibility index (Phi) is 3.93. The van der Waals surface area contributed by atoms with Gasteiger partial charge >= 0.3 is 0 Å². The molecule has 6 heteroatoms. The predicted molar refractivity (Wildman–Crippen MR) is 102 cm³/mol. The molecule has 2 aromatic heterocycles. The van der Waals surface area contributed by atoms with Crippen LogP contribution in [0.3, 0.4) is 0 Å². The summed E-state index contributed by atoms with van der Waals surface area (Å²) in [5.74, 6) is -0.355. The summed E-state index contributed by atoms with van der Waals surface area (Å²) in [6, 6.07) is 15.3. The van der Waals surface area contributed by atoms with Gasteiger partial charge in [0.25, 0.3) is 5.91 Å². The lowest BCUT2D eigenvalue weighted by Gasteiger charge is -2.09. The van der Waals surface area contributed by atoms with Gasteiger partial charge in [0.05, 0.1) is 22.0 Å². The predicted octanol–water partition coefficient (Wildman–Crippen LogP) is 4.56. The number of carbonyl (C=O) groups is 1. The number of hydrogen-bond acceptors (Lipinski definition) is 4. The van der Waals surface area contributed by atoms with E-state index in [4.69, 9.17) is 16.0 Å². The fraction of sp³-hybridized carbons (Fsp3) is 0.0500. The number of amides is 1. The summed E-state index contributed by atoms with van der Waals surface area (Å²) in [6.07, 6.45) is 0. The van der Waals surface area contributed by atoms with E-state index in [1.165, 1.54) is 6.07 Å². The van der Waals surface area contributed by atoms with Gasteiger partial charge in [0.15, 0.2) is 0 Å². The molecule has 0 saturated carbocycles. The Hall–Kier alpha value is -3.18. The van der Waals surface area contributed by atoms with Crippen molar-refractivity contribution in [3.63, 3.8) is 0 Å². The second-order valence-corrected chi connectivity index (χ2v) is 6.30. The molecular weight excluding hydrogens is 352 g/mol. The van der Waals surface area contributed by atoms with E-state index >= 15 is 0 Å². The van der Waals surface area contributed by atoms with Gasteiger partial charge in [0, 0.05) is 10.7 Å². The molecule has 4 rings (SSSR count). The highest BCUT2D eigenvalue weighted by atomic mass is 35.5. The molecule has 128 valence electrons. The standard InChI is InChI=1S/C20H13ClN2O3/c1-11-15(19(25)23-13-8-6-12(21)7-9-13)10-16-18(24)14-4-2-3-5-17(14)26-20(16)22-11/h2-10H,1H3,(H,23,25). The van der Waals surface area contributed by atoms with Gasteiger partial charge in [0.1, 0.15) is 5.58 Å². The van der Waals surface area contributed by atoms with Crippen LogP contribution in [0.4, 0.5) is 5.69 Å². The summed E-state index contributed by atoms with van der Waals surface area (Å²) in [5.41, 5.74) is 1.86. The van der Waals surface area contributed by atoms with Crippen LogP contribution in [0.2, 0.25) is 5.02 Å². The number of pyridine rings is 1. The monoisotopic (exact) mass is 364 g/mol. The van der Waals surface area contributed by atoms with Crippen LogP contribution < -0.4 is 10.7 Å². The van der Waals surface area contributed by atoms with Crippen LogP contribution in [0.1, 0.15) is 16.1 Å². The lowest BCUT2D eigenvalue weighted by molar-refractivity contribution is 0.102. The first kappa shape index (κ1) is 16.3. The minimum absolute atomic E-state index is 0.213. The molecule has 5 nitrogen and oxygen atoms in total. The number of halogens is 1. The van der Waals surface area contributed by atoms with Gasteiger partial charge in [-0.1, -0.05) is 23.7 Å². The maximum atomic E-state index is 12.7. The lowest BCUT2D eigenvalue weighted by atomic mass is 10.1. The number of aryl methyl sites for hydroxylation is 1. The van der Waals surface area contributed by atoms with E-state index in [0.29, 0.717) is 32.9 Å². The van der Waals surface area contributed by atoms with Crippen LogP contribution in [-0.2, 0) is 0 Å². The van der Waals surface area contributed by atoms with Gasteiger partial charge in [-0.2, -0.15) is 0 Å². The largest absolute Gasteiger partial charge is 0.437 e. The van der Waals surface area contributed by atoms with Gasteiger partial charge in [-0.15, -0.1) is 0 Å². The molecular formula is C20H13ClN2O3. The summed E-state index contributed by atoms with van der Waals surface area (Å²) in [7, 11) is 0. The SMILES string of the molecule is Cc1nc2oc3ccccc3c(=O)c2cc1C(=O)Nc1ccc(Cl)cc1. The zero-order chi connectivity index (χ0) is 18.3. The van der Waals surface area contributed by atoms with E-state index in [-0.39, 0.29) is 22.4 Å². The minimum atomic E-state index is -0.355. The molecule has 0 radical (unpaired) electrons. The number of anilines is 1. The molecule has 4 aromatic rings. The van der Waals surface area contributed by atoms with Gasteiger partial charge in [-0.25, -0.2) is 4.98 Å². The zero-order valence-electron chi connectivity index (χ0n) is 13.7. The third-order valence-electron chi connectivity index (χ3n) is 4.11. The molecule has 1 amide bonds. The summed E-state index contributed by atoms with van der Waals surface area (Å²) in [6.45, 7) is 1.70. The van der Waals surface area contributed by atoms with Crippen molar-refractivity contribution < 1.29 is 9.21 Å². The number of nitrogens with zero attached hydrogens (tertiary/aromatic N) is 1. The molecule has 2 heterocycles. The van der Waals surface area contributed by atoms with Gasteiger partial charge in [-0.05, 0) is 49.4 Å². The van der Waals surface area contributed by atoms with Gasteiger partial charge in [0.2, 0.25) is 11.1 Å². The van der Waals surface area contributed by atoms with Crippen molar-refractivity contribution in [2.75, 3.05) is 5.32 Å². The van der Waals surface area contributed by atoms with Crippen molar-refractivity contribution in [1.29, 1.82) is 0 Å². The first-order valence-electron chi connectivity index (χ1n) is 7.93. The van der Waals surface area contributed by atoms with Crippen molar-refractivity contribution >= 4 is 45.3 Å². The molecule has 0 atom stereocenters. The maximum Gasteiger partial charge on any atom is 0.257 e. The number of fused-ring (bicyclic) bond motifs is 2. The topological polar surface area (TPSA) is 72.2 Å². The Bertz CT molecular complexity index is 1210. The Morgan fingerprint density at radius 3 is 2.58 bits per heavy atom. The van der Waals surface area contributed by atoms with Crippen LogP contribution >= 0.6 is 11.6 Å². The van der Waals surface area contributed by atoms with E-state index in [2.05, 4.69) is 10.3 Å². The van der Waals surface area contributed by atoms with Crippen LogP contribution in [0.25, 0.3) is 22.1 Å². The van der Waals surface area contributed by atoms with E-state index in [9.17, 15) is 9.59 Å². The number of carbonyl (C=O) groups excluding carboxylic acids is 1.